The Labute approximate surface area is 77.1 Å². The maximum atomic E-state index is 12.0. The normalized spacial score (nSPS) is 13.4. The van der Waals surface area contributed by atoms with Crippen molar-refractivity contribution in [3.63, 3.8) is 0 Å². The minimum Gasteiger partial charge on any atom is -0.358 e. The molecule has 0 aliphatic rings. The Morgan fingerprint density at radius 2 is 2.17 bits per heavy atom. The van der Waals surface area contributed by atoms with Gasteiger partial charge in [0.15, 0.2) is 11.0 Å². The van der Waals surface area contributed by atoms with Gasteiger partial charge in [0.1, 0.15) is 0 Å². The van der Waals surface area contributed by atoms with Crippen molar-refractivity contribution in [2.24, 2.45) is 0 Å². The summed E-state index contributed by atoms with van der Waals surface area (Å²) >= 11 is 6.40. The summed E-state index contributed by atoms with van der Waals surface area (Å²) in [6, 6.07) is -0.966. The predicted molar refractivity (Wildman–Crippen MR) is 44.0 cm³/mol. The van der Waals surface area contributed by atoms with E-state index in [9.17, 15) is 8.78 Å². The lowest BCUT2D eigenvalue weighted by atomic mass is 10.3. The Kier molecular flexibility index (Phi) is 3.16. The standard InChI is InChI=1S/C5H6ClF2N3S/c1-2(4(7)8)9-5-3(6)10-12-11-5/h2,4H,1H3,(H,9,11). The van der Waals surface area contributed by atoms with Crippen LogP contribution < -0.4 is 5.32 Å². The molecule has 0 bridgehead atoms. The summed E-state index contributed by atoms with van der Waals surface area (Å²) < 4.78 is 31.3. The molecule has 0 fully saturated rings. The van der Waals surface area contributed by atoms with Gasteiger partial charge in [-0.25, -0.2) is 8.78 Å². The van der Waals surface area contributed by atoms with Crippen LogP contribution in [-0.2, 0) is 0 Å². The number of aromatic nitrogens is 2. The highest BCUT2D eigenvalue weighted by Gasteiger charge is 2.16. The van der Waals surface area contributed by atoms with Crippen molar-refractivity contribution in [2.75, 3.05) is 5.32 Å². The molecule has 1 aromatic rings. The Morgan fingerprint density at radius 1 is 1.50 bits per heavy atom. The van der Waals surface area contributed by atoms with Gasteiger partial charge in [-0.1, -0.05) is 11.6 Å². The maximum Gasteiger partial charge on any atom is 0.258 e. The van der Waals surface area contributed by atoms with E-state index in [1.165, 1.54) is 6.92 Å². The second-order valence-electron chi connectivity index (χ2n) is 2.17. The average molecular weight is 214 g/mol. The number of rotatable bonds is 3. The van der Waals surface area contributed by atoms with E-state index >= 15 is 0 Å². The number of nitrogens with one attached hydrogen (secondary N) is 1. The molecule has 0 aliphatic heterocycles. The summed E-state index contributed by atoms with van der Waals surface area (Å²) in [6.07, 6.45) is -2.44. The molecule has 1 unspecified atom stereocenters. The molecule has 1 rings (SSSR count). The monoisotopic (exact) mass is 213 g/mol. The summed E-state index contributed by atoms with van der Waals surface area (Å²) in [5.41, 5.74) is 0. The summed E-state index contributed by atoms with van der Waals surface area (Å²) in [6.45, 7) is 1.35. The van der Waals surface area contributed by atoms with Crippen LogP contribution in [0.4, 0.5) is 14.6 Å². The third-order valence-corrected chi connectivity index (χ3v) is 2.08. The van der Waals surface area contributed by atoms with Crippen LogP contribution in [0.5, 0.6) is 0 Å². The van der Waals surface area contributed by atoms with Gasteiger partial charge in [0, 0.05) is 0 Å². The lowest BCUT2D eigenvalue weighted by molar-refractivity contribution is 0.130. The maximum absolute atomic E-state index is 12.0. The third kappa shape index (κ3) is 2.25. The van der Waals surface area contributed by atoms with Crippen LogP contribution in [0, 0.1) is 0 Å². The highest BCUT2D eigenvalue weighted by molar-refractivity contribution is 6.99. The number of nitrogens with zero attached hydrogens (tertiary/aromatic N) is 2. The molecular formula is C5H6ClF2N3S. The van der Waals surface area contributed by atoms with Gasteiger partial charge in [-0.15, -0.1) is 0 Å². The average Bonchev–Trinajstić information content (AvgIpc) is 2.36. The molecule has 68 valence electrons. The van der Waals surface area contributed by atoms with Gasteiger partial charge in [-0.2, -0.15) is 8.75 Å². The van der Waals surface area contributed by atoms with Crippen molar-refractivity contribution in [1.82, 2.24) is 8.75 Å². The molecule has 7 heteroatoms. The lowest BCUT2D eigenvalue weighted by Crippen LogP contribution is -2.24. The van der Waals surface area contributed by atoms with E-state index in [0.717, 1.165) is 11.7 Å². The lowest BCUT2D eigenvalue weighted by Gasteiger charge is -2.10. The van der Waals surface area contributed by atoms with Crippen LogP contribution in [0.1, 0.15) is 6.92 Å². The Morgan fingerprint density at radius 3 is 2.58 bits per heavy atom. The van der Waals surface area contributed by atoms with Crippen LogP contribution in [0.15, 0.2) is 0 Å². The molecule has 0 spiro atoms. The second-order valence-corrected chi connectivity index (χ2v) is 3.06. The first kappa shape index (κ1) is 9.60. The van der Waals surface area contributed by atoms with E-state index in [1.807, 2.05) is 0 Å². The van der Waals surface area contributed by atoms with E-state index in [2.05, 4.69) is 14.1 Å². The van der Waals surface area contributed by atoms with Crippen LogP contribution in [0.3, 0.4) is 0 Å². The molecule has 0 saturated heterocycles. The number of hydrogen-bond donors (Lipinski definition) is 1. The Bertz CT molecular complexity index is 255. The largest absolute Gasteiger partial charge is 0.358 e. The molecule has 12 heavy (non-hydrogen) atoms. The minimum absolute atomic E-state index is 0.132. The van der Waals surface area contributed by atoms with Crippen LogP contribution in [-0.4, -0.2) is 21.2 Å². The summed E-state index contributed by atoms with van der Waals surface area (Å²) in [7, 11) is 0. The van der Waals surface area contributed by atoms with Crippen molar-refractivity contribution in [2.45, 2.75) is 19.4 Å². The van der Waals surface area contributed by atoms with E-state index in [0.29, 0.717) is 0 Å². The number of anilines is 1. The fraction of sp³-hybridized carbons (Fsp3) is 0.600. The fourth-order valence-corrected chi connectivity index (χ4v) is 1.20. The third-order valence-electron chi connectivity index (χ3n) is 1.19. The van der Waals surface area contributed by atoms with Gasteiger partial charge >= 0.3 is 0 Å². The highest BCUT2D eigenvalue weighted by atomic mass is 35.5. The molecule has 1 aromatic heterocycles. The van der Waals surface area contributed by atoms with E-state index < -0.39 is 12.5 Å². The zero-order chi connectivity index (χ0) is 9.14. The first-order valence-electron chi connectivity index (χ1n) is 3.14. The molecule has 0 saturated carbocycles. The molecule has 1 heterocycles. The van der Waals surface area contributed by atoms with Crippen molar-refractivity contribution >= 4 is 29.1 Å². The quantitative estimate of drug-likeness (QED) is 0.837. The van der Waals surface area contributed by atoms with Crippen molar-refractivity contribution < 1.29 is 8.78 Å². The SMILES string of the molecule is CC(Nc1nsnc1Cl)C(F)F. The zero-order valence-electron chi connectivity index (χ0n) is 6.09. The number of halogens is 3. The van der Waals surface area contributed by atoms with Crippen molar-refractivity contribution in [3.8, 4) is 0 Å². The van der Waals surface area contributed by atoms with Gasteiger partial charge < -0.3 is 5.32 Å². The van der Waals surface area contributed by atoms with E-state index in [1.54, 1.807) is 0 Å². The molecule has 1 atom stereocenters. The number of alkyl halides is 2. The topological polar surface area (TPSA) is 37.8 Å². The molecule has 3 nitrogen and oxygen atoms in total. The fourth-order valence-electron chi connectivity index (χ4n) is 0.543. The summed E-state index contributed by atoms with van der Waals surface area (Å²) in [5, 5.41) is 2.58. The first-order valence-corrected chi connectivity index (χ1v) is 4.25. The van der Waals surface area contributed by atoms with Gasteiger partial charge in [0.25, 0.3) is 6.43 Å². The van der Waals surface area contributed by atoms with Crippen molar-refractivity contribution in [3.05, 3.63) is 5.15 Å². The molecule has 0 aliphatic carbocycles. The number of hydrogen-bond acceptors (Lipinski definition) is 4. The summed E-state index contributed by atoms with van der Waals surface area (Å²) in [4.78, 5) is 0. The second kappa shape index (κ2) is 3.95. The molecule has 1 N–H and O–H groups in total. The smallest absolute Gasteiger partial charge is 0.258 e. The van der Waals surface area contributed by atoms with E-state index in [-0.39, 0.29) is 11.0 Å². The van der Waals surface area contributed by atoms with E-state index in [4.69, 9.17) is 11.6 Å². The minimum atomic E-state index is -2.44. The van der Waals surface area contributed by atoms with Gasteiger partial charge in [0.2, 0.25) is 0 Å². The van der Waals surface area contributed by atoms with Crippen LogP contribution in [0.2, 0.25) is 5.15 Å². The van der Waals surface area contributed by atoms with Gasteiger partial charge in [-0.05, 0) is 6.92 Å². The Hall–Kier alpha value is -0.490. The molecular weight excluding hydrogens is 208 g/mol. The molecule has 0 amide bonds. The van der Waals surface area contributed by atoms with Crippen LogP contribution in [0.25, 0.3) is 0 Å². The molecule has 0 aromatic carbocycles. The zero-order valence-corrected chi connectivity index (χ0v) is 7.66. The Balaban J connectivity index is 2.58. The van der Waals surface area contributed by atoms with Gasteiger partial charge in [0.05, 0.1) is 17.8 Å². The predicted octanol–water partition coefficient (Wildman–Crippen LogP) is 2.26. The van der Waals surface area contributed by atoms with Crippen molar-refractivity contribution in [1.29, 1.82) is 0 Å². The van der Waals surface area contributed by atoms with Crippen LogP contribution >= 0.6 is 23.3 Å². The first-order chi connectivity index (χ1) is 5.61. The molecule has 0 radical (unpaired) electrons. The highest BCUT2D eigenvalue weighted by Crippen LogP contribution is 2.19. The van der Waals surface area contributed by atoms with Gasteiger partial charge in [-0.3, -0.25) is 0 Å². The summed E-state index contributed by atoms with van der Waals surface area (Å²) in [5.74, 6) is 0.217.